The monoisotopic (exact) mass is 184 g/mol. The Morgan fingerprint density at radius 3 is 2.31 bits per heavy atom. The number of carbonyl (C=O) groups is 1. The number of hydrogen-bond donors (Lipinski definition) is 2. The Balaban J connectivity index is 2.52. The molecule has 0 spiro atoms. The van der Waals surface area contributed by atoms with Crippen LogP contribution in [0.15, 0.2) is 0 Å². The third kappa shape index (κ3) is 2.21. The minimum Gasteiger partial charge on any atom is -0.368 e. The lowest BCUT2D eigenvalue weighted by Gasteiger charge is -2.30. The molecular weight excluding hydrogens is 164 g/mol. The molecule has 0 aromatic heterocycles. The highest BCUT2D eigenvalue weighted by molar-refractivity contribution is 5.83. The molecule has 3 N–H and O–H groups in total. The second-order valence-corrected chi connectivity index (χ2v) is 5.01. The molecule has 1 aliphatic rings. The average Bonchev–Trinajstić information content (AvgIpc) is 2.68. The minimum absolute atomic E-state index is 0.288. The SMILES string of the molecule is CC(NC(C)(C)C(N)=O)C1(C)CC1. The van der Waals surface area contributed by atoms with Crippen LogP contribution in [0.4, 0.5) is 0 Å². The predicted octanol–water partition coefficient (Wildman–Crippen LogP) is 1.03. The smallest absolute Gasteiger partial charge is 0.237 e. The molecule has 3 heteroatoms. The highest BCUT2D eigenvalue weighted by Crippen LogP contribution is 2.48. The zero-order valence-electron chi connectivity index (χ0n) is 8.98. The van der Waals surface area contributed by atoms with Crippen LogP contribution in [-0.2, 0) is 4.79 Å². The van der Waals surface area contributed by atoms with Crippen molar-refractivity contribution in [3.8, 4) is 0 Å². The minimum atomic E-state index is -0.592. The van der Waals surface area contributed by atoms with Crippen molar-refractivity contribution in [2.45, 2.75) is 52.1 Å². The van der Waals surface area contributed by atoms with E-state index in [0.29, 0.717) is 11.5 Å². The van der Waals surface area contributed by atoms with Crippen molar-refractivity contribution in [2.24, 2.45) is 11.1 Å². The third-order valence-electron chi connectivity index (χ3n) is 3.28. The molecule has 1 rings (SSSR count). The van der Waals surface area contributed by atoms with Crippen LogP contribution in [0.3, 0.4) is 0 Å². The average molecular weight is 184 g/mol. The molecule has 0 aromatic rings. The molecule has 1 atom stereocenters. The Bertz CT molecular complexity index is 219. The molecule has 0 aliphatic heterocycles. The van der Waals surface area contributed by atoms with Crippen molar-refractivity contribution >= 4 is 5.91 Å². The van der Waals surface area contributed by atoms with Crippen LogP contribution in [0.1, 0.15) is 40.5 Å². The summed E-state index contributed by atoms with van der Waals surface area (Å²) in [5, 5.41) is 3.28. The van der Waals surface area contributed by atoms with Crippen molar-refractivity contribution in [2.75, 3.05) is 0 Å². The molecule has 0 heterocycles. The van der Waals surface area contributed by atoms with E-state index in [0.717, 1.165) is 0 Å². The third-order valence-corrected chi connectivity index (χ3v) is 3.28. The van der Waals surface area contributed by atoms with E-state index in [9.17, 15) is 4.79 Å². The molecule has 1 saturated carbocycles. The van der Waals surface area contributed by atoms with Gasteiger partial charge in [0.1, 0.15) is 0 Å². The Hall–Kier alpha value is -0.570. The normalized spacial score (nSPS) is 22.5. The molecule has 0 radical (unpaired) electrons. The summed E-state index contributed by atoms with van der Waals surface area (Å²) in [6.45, 7) is 8.02. The number of hydrogen-bond acceptors (Lipinski definition) is 2. The summed E-state index contributed by atoms with van der Waals surface area (Å²) in [6.07, 6.45) is 2.49. The van der Waals surface area contributed by atoms with Gasteiger partial charge in [-0.15, -0.1) is 0 Å². The molecule has 3 nitrogen and oxygen atoms in total. The maximum atomic E-state index is 11.1. The first-order valence-electron chi connectivity index (χ1n) is 4.85. The molecule has 1 amide bonds. The number of nitrogens with two attached hydrogens (primary N) is 1. The maximum Gasteiger partial charge on any atom is 0.237 e. The van der Waals surface area contributed by atoms with Gasteiger partial charge in [0.15, 0.2) is 0 Å². The molecule has 13 heavy (non-hydrogen) atoms. The van der Waals surface area contributed by atoms with Crippen LogP contribution in [0.5, 0.6) is 0 Å². The molecule has 76 valence electrons. The lowest BCUT2D eigenvalue weighted by molar-refractivity contribution is -0.123. The number of carbonyl (C=O) groups excluding carboxylic acids is 1. The van der Waals surface area contributed by atoms with Gasteiger partial charge >= 0.3 is 0 Å². The van der Waals surface area contributed by atoms with Crippen molar-refractivity contribution in [3.63, 3.8) is 0 Å². The first-order valence-corrected chi connectivity index (χ1v) is 4.85. The van der Waals surface area contributed by atoms with Gasteiger partial charge in [0.25, 0.3) is 0 Å². The van der Waals surface area contributed by atoms with Gasteiger partial charge in [0.05, 0.1) is 5.54 Å². The van der Waals surface area contributed by atoms with Crippen LogP contribution >= 0.6 is 0 Å². The van der Waals surface area contributed by atoms with E-state index in [1.54, 1.807) is 0 Å². The molecule has 1 unspecified atom stereocenters. The molecular formula is C10H20N2O. The van der Waals surface area contributed by atoms with E-state index in [1.807, 2.05) is 13.8 Å². The van der Waals surface area contributed by atoms with Gasteiger partial charge in [0, 0.05) is 6.04 Å². The fourth-order valence-electron chi connectivity index (χ4n) is 1.42. The molecule has 1 aliphatic carbocycles. The Kier molecular flexibility index (Phi) is 2.41. The summed E-state index contributed by atoms with van der Waals surface area (Å²) in [7, 11) is 0. The summed E-state index contributed by atoms with van der Waals surface area (Å²) in [6, 6.07) is 0.356. The van der Waals surface area contributed by atoms with Gasteiger partial charge in [-0.2, -0.15) is 0 Å². The topological polar surface area (TPSA) is 55.1 Å². The Morgan fingerprint density at radius 1 is 1.54 bits per heavy atom. The number of rotatable bonds is 4. The second kappa shape index (κ2) is 2.98. The van der Waals surface area contributed by atoms with Crippen LogP contribution in [0.2, 0.25) is 0 Å². The fraction of sp³-hybridized carbons (Fsp3) is 0.900. The van der Waals surface area contributed by atoms with Gasteiger partial charge in [0.2, 0.25) is 5.91 Å². The Morgan fingerprint density at radius 2 is 2.00 bits per heavy atom. The zero-order chi connectivity index (χ0) is 10.3. The quantitative estimate of drug-likeness (QED) is 0.685. The summed E-state index contributed by atoms with van der Waals surface area (Å²) in [4.78, 5) is 11.1. The van der Waals surface area contributed by atoms with Gasteiger partial charge < -0.3 is 11.1 Å². The van der Waals surface area contributed by atoms with Crippen LogP contribution in [-0.4, -0.2) is 17.5 Å². The van der Waals surface area contributed by atoms with E-state index in [1.165, 1.54) is 12.8 Å². The van der Waals surface area contributed by atoms with Crippen LogP contribution in [0, 0.1) is 5.41 Å². The van der Waals surface area contributed by atoms with E-state index in [-0.39, 0.29) is 5.91 Å². The molecule has 0 bridgehead atoms. The van der Waals surface area contributed by atoms with Gasteiger partial charge in [-0.25, -0.2) is 0 Å². The second-order valence-electron chi connectivity index (χ2n) is 5.01. The largest absolute Gasteiger partial charge is 0.368 e. The Labute approximate surface area is 80.1 Å². The first kappa shape index (κ1) is 10.5. The summed E-state index contributed by atoms with van der Waals surface area (Å²) in [5.74, 6) is -0.288. The molecule has 1 fully saturated rings. The van der Waals surface area contributed by atoms with Gasteiger partial charge in [-0.3, -0.25) is 4.79 Å². The number of nitrogens with one attached hydrogen (secondary N) is 1. The lowest BCUT2D eigenvalue weighted by atomic mass is 9.95. The molecule has 0 aromatic carbocycles. The zero-order valence-corrected chi connectivity index (χ0v) is 8.98. The lowest BCUT2D eigenvalue weighted by Crippen LogP contribution is -2.55. The van der Waals surface area contributed by atoms with Gasteiger partial charge in [-0.05, 0) is 39.0 Å². The predicted molar refractivity (Wildman–Crippen MR) is 53.2 cm³/mol. The van der Waals surface area contributed by atoms with Gasteiger partial charge in [-0.1, -0.05) is 6.92 Å². The van der Waals surface area contributed by atoms with E-state index < -0.39 is 5.54 Å². The highest BCUT2D eigenvalue weighted by atomic mass is 16.1. The van der Waals surface area contributed by atoms with Crippen LogP contribution < -0.4 is 11.1 Å². The number of amides is 1. The fourth-order valence-corrected chi connectivity index (χ4v) is 1.42. The van der Waals surface area contributed by atoms with Crippen molar-refractivity contribution in [1.29, 1.82) is 0 Å². The summed E-state index contributed by atoms with van der Waals surface area (Å²) < 4.78 is 0. The van der Waals surface area contributed by atoms with E-state index in [4.69, 9.17) is 5.73 Å². The van der Waals surface area contributed by atoms with E-state index >= 15 is 0 Å². The van der Waals surface area contributed by atoms with E-state index in [2.05, 4.69) is 19.2 Å². The summed E-state index contributed by atoms with van der Waals surface area (Å²) >= 11 is 0. The van der Waals surface area contributed by atoms with Crippen molar-refractivity contribution < 1.29 is 4.79 Å². The summed E-state index contributed by atoms with van der Waals surface area (Å²) in [5.41, 5.74) is 5.07. The van der Waals surface area contributed by atoms with Crippen LogP contribution in [0.25, 0.3) is 0 Å². The maximum absolute atomic E-state index is 11.1. The highest BCUT2D eigenvalue weighted by Gasteiger charge is 2.44. The van der Waals surface area contributed by atoms with Crippen molar-refractivity contribution in [3.05, 3.63) is 0 Å². The molecule has 0 saturated heterocycles. The number of primary amides is 1. The first-order chi connectivity index (χ1) is 5.78. The standard InChI is InChI=1S/C10H20N2O/c1-7(10(4)5-6-10)12-9(2,3)8(11)13/h7,12H,5-6H2,1-4H3,(H2,11,13). The van der Waals surface area contributed by atoms with Crippen molar-refractivity contribution in [1.82, 2.24) is 5.32 Å².